The fourth-order valence-electron chi connectivity index (χ4n) is 2.78. The molecular formula is C17H23N5O3. The lowest BCUT2D eigenvalue weighted by atomic mass is 10.1. The second-order valence-corrected chi connectivity index (χ2v) is 6.19. The van der Waals surface area contributed by atoms with Crippen LogP contribution in [0.4, 0.5) is 0 Å². The van der Waals surface area contributed by atoms with Crippen molar-refractivity contribution in [1.29, 1.82) is 0 Å². The molecule has 1 saturated heterocycles. The maximum absolute atomic E-state index is 12.2. The van der Waals surface area contributed by atoms with Gasteiger partial charge in [-0.25, -0.2) is 0 Å². The minimum absolute atomic E-state index is 0.0548. The van der Waals surface area contributed by atoms with E-state index in [9.17, 15) is 4.79 Å². The molecule has 0 saturated carbocycles. The minimum atomic E-state index is -0.0548. The lowest BCUT2D eigenvalue weighted by Crippen LogP contribution is -2.32. The van der Waals surface area contributed by atoms with E-state index in [0.717, 1.165) is 30.6 Å². The summed E-state index contributed by atoms with van der Waals surface area (Å²) in [5, 5.41) is 13.9. The number of tetrazole rings is 1. The Bertz CT molecular complexity index is 671. The molecule has 134 valence electrons. The summed E-state index contributed by atoms with van der Waals surface area (Å²) in [6.07, 6.45) is 3.41. The van der Waals surface area contributed by atoms with E-state index in [4.69, 9.17) is 9.47 Å². The van der Waals surface area contributed by atoms with E-state index in [1.807, 2.05) is 24.3 Å². The molecule has 1 amide bonds. The van der Waals surface area contributed by atoms with Crippen LogP contribution in [0.5, 0.6) is 0 Å². The van der Waals surface area contributed by atoms with Crippen LogP contribution in [0.1, 0.15) is 24.8 Å². The van der Waals surface area contributed by atoms with Gasteiger partial charge in [0.15, 0.2) is 0 Å². The van der Waals surface area contributed by atoms with Crippen molar-refractivity contribution in [3.8, 4) is 11.4 Å². The molecule has 2 aromatic rings. The number of rotatable bonds is 7. The van der Waals surface area contributed by atoms with E-state index < -0.39 is 0 Å². The number of carbonyl (C=O) groups excluding carboxylic acids is 1. The van der Waals surface area contributed by atoms with Crippen LogP contribution in [0.25, 0.3) is 11.4 Å². The van der Waals surface area contributed by atoms with E-state index in [1.165, 1.54) is 6.42 Å². The van der Waals surface area contributed by atoms with Crippen LogP contribution in [0.3, 0.4) is 0 Å². The maximum atomic E-state index is 12.2. The van der Waals surface area contributed by atoms with Crippen molar-refractivity contribution in [2.75, 3.05) is 26.9 Å². The molecule has 0 spiro atoms. The van der Waals surface area contributed by atoms with Crippen LogP contribution >= 0.6 is 0 Å². The van der Waals surface area contributed by atoms with Gasteiger partial charge in [-0.2, -0.15) is 5.21 Å². The molecule has 25 heavy (non-hydrogen) atoms. The number of nitrogens with one attached hydrogen (secondary N) is 1. The van der Waals surface area contributed by atoms with Crippen molar-refractivity contribution in [3.05, 3.63) is 29.8 Å². The van der Waals surface area contributed by atoms with Gasteiger partial charge >= 0.3 is 0 Å². The summed E-state index contributed by atoms with van der Waals surface area (Å²) >= 11 is 0. The van der Waals surface area contributed by atoms with E-state index in [1.54, 1.807) is 11.9 Å². The van der Waals surface area contributed by atoms with Crippen molar-refractivity contribution in [3.63, 3.8) is 0 Å². The van der Waals surface area contributed by atoms with Crippen molar-refractivity contribution in [2.24, 2.45) is 0 Å². The number of ether oxygens (including phenoxy) is 2. The molecule has 1 fully saturated rings. The average molecular weight is 345 g/mol. The predicted molar refractivity (Wildman–Crippen MR) is 90.5 cm³/mol. The Morgan fingerprint density at radius 2 is 2.36 bits per heavy atom. The Morgan fingerprint density at radius 1 is 1.44 bits per heavy atom. The number of aromatic nitrogens is 4. The number of nitrogens with zero attached hydrogens (tertiary/aromatic N) is 4. The first kappa shape index (κ1) is 17.5. The molecule has 8 nitrogen and oxygen atoms in total. The first-order chi connectivity index (χ1) is 12.2. The molecule has 1 aromatic heterocycles. The Hall–Kier alpha value is -2.32. The summed E-state index contributed by atoms with van der Waals surface area (Å²) in [5.41, 5.74) is 1.85. The molecule has 1 aromatic carbocycles. The van der Waals surface area contributed by atoms with Crippen LogP contribution in [0.2, 0.25) is 0 Å². The van der Waals surface area contributed by atoms with E-state index in [-0.39, 0.29) is 18.6 Å². The maximum Gasteiger partial charge on any atom is 0.248 e. The van der Waals surface area contributed by atoms with Gasteiger partial charge in [-0.05, 0) is 36.1 Å². The van der Waals surface area contributed by atoms with Crippen molar-refractivity contribution in [2.45, 2.75) is 31.9 Å². The summed E-state index contributed by atoms with van der Waals surface area (Å²) in [5.74, 6) is 0.479. The van der Waals surface area contributed by atoms with Gasteiger partial charge in [0.2, 0.25) is 11.7 Å². The van der Waals surface area contributed by atoms with Crippen LogP contribution in [-0.4, -0.2) is 64.4 Å². The monoisotopic (exact) mass is 345 g/mol. The van der Waals surface area contributed by atoms with Gasteiger partial charge < -0.3 is 14.4 Å². The molecule has 0 bridgehead atoms. The van der Waals surface area contributed by atoms with Crippen LogP contribution in [0.15, 0.2) is 24.3 Å². The second-order valence-electron chi connectivity index (χ2n) is 6.19. The zero-order valence-corrected chi connectivity index (χ0v) is 14.4. The van der Waals surface area contributed by atoms with Gasteiger partial charge in [0.1, 0.15) is 6.61 Å². The number of amides is 1. The SMILES string of the molecule is CN(Cc1cccc(-c2nn[nH]n2)c1)C(=O)COC[C@@H]1CCCCO1. The first-order valence-corrected chi connectivity index (χ1v) is 8.48. The lowest BCUT2D eigenvalue weighted by Gasteiger charge is -2.23. The van der Waals surface area contributed by atoms with Crippen LogP contribution in [-0.2, 0) is 20.8 Å². The third kappa shape index (κ3) is 5.07. The molecule has 0 radical (unpaired) electrons. The zero-order valence-electron chi connectivity index (χ0n) is 14.4. The number of aromatic amines is 1. The second kappa shape index (κ2) is 8.68. The Morgan fingerprint density at radius 3 is 3.12 bits per heavy atom. The number of hydrogen-bond acceptors (Lipinski definition) is 6. The standard InChI is InChI=1S/C17H23N5O3/c1-22(16(23)12-24-11-15-7-2-3-8-25-15)10-13-5-4-6-14(9-13)17-18-20-21-19-17/h4-6,9,15H,2-3,7-8,10-12H2,1H3,(H,18,19,20,21)/t15-/m0/s1. The first-order valence-electron chi connectivity index (χ1n) is 8.48. The van der Waals surface area contributed by atoms with Gasteiger partial charge in [-0.15, -0.1) is 10.2 Å². The minimum Gasteiger partial charge on any atom is -0.376 e. The molecular weight excluding hydrogens is 322 g/mol. The number of benzene rings is 1. The molecule has 1 aliphatic heterocycles. The highest BCUT2D eigenvalue weighted by Crippen LogP contribution is 2.16. The topological polar surface area (TPSA) is 93.2 Å². The summed E-state index contributed by atoms with van der Waals surface area (Å²) in [7, 11) is 1.77. The highest BCUT2D eigenvalue weighted by Gasteiger charge is 2.16. The zero-order chi connectivity index (χ0) is 17.5. The van der Waals surface area contributed by atoms with Gasteiger partial charge in [-0.3, -0.25) is 4.79 Å². The fourth-order valence-corrected chi connectivity index (χ4v) is 2.78. The van der Waals surface area contributed by atoms with Crippen molar-refractivity contribution < 1.29 is 14.3 Å². The summed E-state index contributed by atoms with van der Waals surface area (Å²) in [6.45, 7) is 1.83. The number of H-pyrrole nitrogens is 1. The summed E-state index contributed by atoms with van der Waals surface area (Å²) in [4.78, 5) is 13.9. The average Bonchev–Trinajstić information content (AvgIpc) is 3.17. The number of likely N-dealkylation sites (N-methyl/N-ethyl adjacent to an activating group) is 1. The fraction of sp³-hybridized carbons (Fsp3) is 0.529. The van der Waals surface area contributed by atoms with Gasteiger partial charge in [-0.1, -0.05) is 18.2 Å². The van der Waals surface area contributed by atoms with E-state index in [2.05, 4.69) is 20.6 Å². The van der Waals surface area contributed by atoms with Crippen molar-refractivity contribution >= 4 is 5.91 Å². The quantitative estimate of drug-likeness (QED) is 0.815. The molecule has 1 aliphatic rings. The predicted octanol–water partition coefficient (Wildman–Crippen LogP) is 1.41. The largest absolute Gasteiger partial charge is 0.376 e. The van der Waals surface area contributed by atoms with Gasteiger partial charge in [0.05, 0.1) is 12.7 Å². The van der Waals surface area contributed by atoms with Gasteiger partial charge in [0, 0.05) is 25.8 Å². The smallest absolute Gasteiger partial charge is 0.248 e. The number of carbonyl (C=O) groups is 1. The number of hydrogen-bond donors (Lipinski definition) is 1. The summed E-state index contributed by atoms with van der Waals surface area (Å²) < 4.78 is 11.1. The molecule has 8 heteroatoms. The van der Waals surface area contributed by atoms with Gasteiger partial charge in [0.25, 0.3) is 0 Å². The van der Waals surface area contributed by atoms with Crippen LogP contribution in [0, 0.1) is 0 Å². The highest BCUT2D eigenvalue weighted by atomic mass is 16.5. The molecule has 0 aliphatic carbocycles. The van der Waals surface area contributed by atoms with E-state index in [0.29, 0.717) is 19.0 Å². The van der Waals surface area contributed by atoms with E-state index >= 15 is 0 Å². The Labute approximate surface area is 146 Å². The normalized spacial score (nSPS) is 17.4. The van der Waals surface area contributed by atoms with Crippen molar-refractivity contribution in [1.82, 2.24) is 25.5 Å². The molecule has 0 unspecified atom stereocenters. The summed E-state index contributed by atoms with van der Waals surface area (Å²) in [6, 6.07) is 7.73. The molecule has 1 N–H and O–H groups in total. The molecule has 3 rings (SSSR count). The Kier molecular flexibility index (Phi) is 6.08. The molecule has 2 heterocycles. The molecule has 1 atom stereocenters. The van der Waals surface area contributed by atoms with Crippen LogP contribution < -0.4 is 0 Å². The lowest BCUT2D eigenvalue weighted by molar-refractivity contribution is -0.137. The highest BCUT2D eigenvalue weighted by molar-refractivity contribution is 5.77. The third-order valence-corrected chi connectivity index (χ3v) is 4.18. The third-order valence-electron chi connectivity index (χ3n) is 4.18. The Balaban J connectivity index is 1.47.